The maximum Gasteiger partial charge on any atom is 0.337 e. The monoisotopic (exact) mass is 342 g/mol. The van der Waals surface area contributed by atoms with E-state index < -0.39 is 11.9 Å². The molecule has 0 atom stereocenters. The van der Waals surface area contributed by atoms with Crippen LogP contribution in [-0.2, 0) is 9.53 Å². The molecule has 0 fully saturated rings. The molecule has 130 valence electrons. The molecular formula is C18H18N2O5. The van der Waals surface area contributed by atoms with Crippen LogP contribution in [0.2, 0.25) is 0 Å². The van der Waals surface area contributed by atoms with Crippen LogP contribution in [0.4, 0.5) is 5.69 Å². The van der Waals surface area contributed by atoms with Gasteiger partial charge in [-0.05, 0) is 42.5 Å². The number of carbonyl (C=O) groups is 3. The van der Waals surface area contributed by atoms with Gasteiger partial charge in [-0.15, -0.1) is 0 Å². The highest BCUT2D eigenvalue weighted by atomic mass is 16.5. The van der Waals surface area contributed by atoms with Crippen LogP contribution in [0.5, 0.6) is 5.75 Å². The number of anilines is 1. The second kappa shape index (κ2) is 8.49. The van der Waals surface area contributed by atoms with E-state index in [-0.39, 0.29) is 12.5 Å². The number of hydrogen-bond donors (Lipinski definition) is 2. The Morgan fingerprint density at radius 1 is 0.960 bits per heavy atom. The van der Waals surface area contributed by atoms with Gasteiger partial charge in [0.25, 0.3) is 5.91 Å². The Bertz CT molecular complexity index is 771. The molecule has 25 heavy (non-hydrogen) atoms. The molecule has 2 rings (SSSR count). The highest BCUT2D eigenvalue weighted by Crippen LogP contribution is 2.12. The van der Waals surface area contributed by atoms with Crippen molar-refractivity contribution in [1.29, 1.82) is 0 Å². The van der Waals surface area contributed by atoms with Crippen LogP contribution in [0.1, 0.15) is 20.7 Å². The van der Waals surface area contributed by atoms with Crippen LogP contribution in [0.25, 0.3) is 0 Å². The molecule has 0 radical (unpaired) electrons. The van der Waals surface area contributed by atoms with E-state index in [1.165, 1.54) is 20.3 Å². The minimum atomic E-state index is -0.496. The fourth-order valence-corrected chi connectivity index (χ4v) is 2.05. The second-order valence-corrected chi connectivity index (χ2v) is 5.03. The number of methoxy groups -OCH3 is 2. The second-order valence-electron chi connectivity index (χ2n) is 5.03. The maximum absolute atomic E-state index is 12.0. The van der Waals surface area contributed by atoms with E-state index in [0.717, 1.165) is 0 Å². The van der Waals surface area contributed by atoms with Crippen molar-refractivity contribution < 1.29 is 23.9 Å². The summed E-state index contributed by atoms with van der Waals surface area (Å²) in [6.45, 7) is -0.201. The smallest absolute Gasteiger partial charge is 0.337 e. The fourth-order valence-electron chi connectivity index (χ4n) is 2.05. The number of nitrogens with one attached hydrogen (secondary N) is 2. The van der Waals surface area contributed by atoms with Crippen LogP contribution < -0.4 is 15.4 Å². The molecule has 0 heterocycles. The Morgan fingerprint density at radius 3 is 2.32 bits per heavy atom. The normalized spacial score (nSPS) is 9.84. The van der Waals surface area contributed by atoms with Gasteiger partial charge in [0, 0.05) is 11.3 Å². The predicted molar refractivity (Wildman–Crippen MR) is 91.7 cm³/mol. The summed E-state index contributed by atoms with van der Waals surface area (Å²) in [5, 5.41) is 5.13. The SMILES string of the molecule is COC(=O)c1cccc(NC(=O)CNC(=O)c2ccc(OC)cc2)c1. The average Bonchev–Trinajstić information content (AvgIpc) is 2.65. The lowest BCUT2D eigenvalue weighted by atomic mass is 10.2. The van der Waals surface area contributed by atoms with Gasteiger partial charge >= 0.3 is 5.97 Å². The molecule has 2 amide bonds. The number of esters is 1. The molecule has 0 aliphatic rings. The molecule has 7 nitrogen and oxygen atoms in total. The molecule has 0 spiro atoms. The largest absolute Gasteiger partial charge is 0.497 e. The van der Waals surface area contributed by atoms with Gasteiger partial charge in [0.1, 0.15) is 5.75 Å². The molecule has 0 aliphatic heterocycles. The van der Waals surface area contributed by atoms with Crippen molar-refractivity contribution in [2.45, 2.75) is 0 Å². The Labute approximate surface area is 144 Å². The summed E-state index contributed by atoms with van der Waals surface area (Å²) in [6, 6.07) is 12.9. The van der Waals surface area contributed by atoms with E-state index in [1.54, 1.807) is 42.5 Å². The van der Waals surface area contributed by atoms with Gasteiger partial charge < -0.3 is 20.1 Å². The first-order valence-electron chi connectivity index (χ1n) is 7.44. The zero-order valence-electron chi connectivity index (χ0n) is 13.9. The summed E-state index contributed by atoms with van der Waals surface area (Å²) in [5.74, 6) is -0.645. The third-order valence-corrected chi connectivity index (χ3v) is 3.33. The summed E-state index contributed by atoms with van der Waals surface area (Å²) < 4.78 is 9.64. The summed E-state index contributed by atoms with van der Waals surface area (Å²) in [6.07, 6.45) is 0. The van der Waals surface area contributed by atoms with E-state index in [4.69, 9.17) is 4.74 Å². The molecule has 0 unspecified atom stereocenters. The van der Waals surface area contributed by atoms with Crippen molar-refractivity contribution in [2.75, 3.05) is 26.1 Å². The van der Waals surface area contributed by atoms with Gasteiger partial charge in [0.05, 0.1) is 26.3 Å². The van der Waals surface area contributed by atoms with Gasteiger partial charge in [-0.3, -0.25) is 9.59 Å². The number of carbonyl (C=O) groups excluding carboxylic acids is 3. The number of amides is 2. The first-order valence-corrected chi connectivity index (χ1v) is 7.44. The fraction of sp³-hybridized carbons (Fsp3) is 0.167. The molecule has 0 saturated heterocycles. The summed E-state index contributed by atoms with van der Waals surface area (Å²) in [7, 11) is 2.82. The van der Waals surface area contributed by atoms with E-state index in [0.29, 0.717) is 22.6 Å². The molecule has 2 aromatic carbocycles. The molecule has 2 aromatic rings. The minimum Gasteiger partial charge on any atom is -0.497 e. The maximum atomic E-state index is 12.0. The Balaban J connectivity index is 1.89. The lowest BCUT2D eigenvalue weighted by Crippen LogP contribution is -2.32. The third-order valence-electron chi connectivity index (χ3n) is 3.33. The van der Waals surface area contributed by atoms with Gasteiger partial charge in [-0.1, -0.05) is 6.07 Å². The number of benzene rings is 2. The summed E-state index contributed by atoms with van der Waals surface area (Å²) in [5.41, 5.74) is 1.18. The molecule has 0 aromatic heterocycles. The van der Waals surface area contributed by atoms with Crippen LogP contribution in [0.15, 0.2) is 48.5 Å². The van der Waals surface area contributed by atoms with Crippen molar-refractivity contribution in [3.8, 4) is 5.75 Å². The number of rotatable bonds is 6. The van der Waals surface area contributed by atoms with Crippen molar-refractivity contribution in [3.05, 3.63) is 59.7 Å². The minimum absolute atomic E-state index is 0.201. The first-order chi connectivity index (χ1) is 12.0. The van der Waals surface area contributed by atoms with Crippen LogP contribution in [0.3, 0.4) is 0 Å². The van der Waals surface area contributed by atoms with Crippen molar-refractivity contribution >= 4 is 23.5 Å². The highest BCUT2D eigenvalue weighted by molar-refractivity contribution is 6.00. The van der Waals surface area contributed by atoms with E-state index in [2.05, 4.69) is 15.4 Å². The van der Waals surface area contributed by atoms with Gasteiger partial charge in [0.2, 0.25) is 5.91 Å². The highest BCUT2D eigenvalue weighted by Gasteiger charge is 2.10. The number of hydrogen-bond acceptors (Lipinski definition) is 5. The van der Waals surface area contributed by atoms with Crippen LogP contribution in [0, 0.1) is 0 Å². The first kappa shape index (κ1) is 18.0. The van der Waals surface area contributed by atoms with Crippen LogP contribution >= 0.6 is 0 Å². The summed E-state index contributed by atoms with van der Waals surface area (Å²) >= 11 is 0. The molecular weight excluding hydrogens is 324 g/mol. The van der Waals surface area contributed by atoms with E-state index >= 15 is 0 Å². The van der Waals surface area contributed by atoms with Crippen LogP contribution in [-0.4, -0.2) is 38.5 Å². The average molecular weight is 342 g/mol. The van der Waals surface area contributed by atoms with E-state index in [1.807, 2.05) is 0 Å². The van der Waals surface area contributed by atoms with E-state index in [9.17, 15) is 14.4 Å². The summed E-state index contributed by atoms with van der Waals surface area (Å²) in [4.78, 5) is 35.4. The Hall–Kier alpha value is -3.35. The zero-order chi connectivity index (χ0) is 18.2. The van der Waals surface area contributed by atoms with Crippen molar-refractivity contribution in [1.82, 2.24) is 5.32 Å². The number of ether oxygens (including phenoxy) is 2. The zero-order valence-corrected chi connectivity index (χ0v) is 13.9. The predicted octanol–water partition coefficient (Wildman–Crippen LogP) is 1.85. The molecule has 0 aliphatic carbocycles. The standard InChI is InChI=1S/C18H18N2O5/c1-24-15-8-6-12(7-9-15)17(22)19-11-16(21)20-14-5-3-4-13(10-14)18(23)25-2/h3-10H,11H2,1-2H3,(H,19,22)(H,20,21). The topological polar surface area (TPSA) is 93.7 Å². The molecule has 2 N–H and O–H groups in total. The lowest BCUT2D eigenvalue weighted by Gasteiger charge is -2.08. The molecule has 7 heteroatoms. The third kappa shape index (κ3) is 5.07. The molecule has 0 bridgehead atoms. The van der Waals surface area contributed by atoms with Gasteiger partial charge in [0.15, 0.2) is 0 Å². The lowest BCUT2D eigenvalue weighted by molar-refractivity contribution is -0.115. The Morgan fingerprint density at radius 2 is 1.68 bits per heavy atom. The Kier molecular flexibility index (Phi) is 6.11. The van der Waals surface area contributed by atoms with Crippen molar-refractivity contribution in [3.63, 3.8) is 0 Å². The molecule has 0 saturated carbocycles. The van der Waals surface area contributed by atoms with Gasteiger partial charge in [-0.25, -0.2) is 4.79 Å². The van der Waals surface area contributed by atoms with Gasteiger partial charge in [-0.2, -0.15) is 0 Å². The quantitative estimate of drug-likeness (QED) is 0.782. The van der Waals surface area contributed by atoms with Crippen molar-refractivity contribution in [2.24, 2.45) is 0 Å².